The van der Waals surface area contributed by atoms with Gasteiger partial charge in [0.1, 0.15) is 5.75 Å². The second-order valence-electron chi connectivity index (χ2n) is 6.73. The lowest BCUT2D eigenvalue weighted by molar-refractivity contribution is 0.219. The molecule has 0 aliphatic heterocycles. The SMILES string of the molecule is COc1ccccc1C1CC(NC2CCC(C)CC2)C1. The number of hydrogen-bond donors (Lipinski definition) is 1. The first-order chi connectivity index (χ1) is 9.76. The highest BCUT2D eigenvalue weighted by molar-refractivity contribution is 5.37. The van der Waals surface area contributed by atoms with Gasteiger partial charge in [-0.1, -0.05) is 25.1 Å². The second-order valence-corrected chi connectivity index (χ2v) is 6.73. The summed E-state index contributed by atoms with van der Waals surface area (Å²) >= 11 is 0. The number of ether oxygens (including phenoxy) is 1. The van der Waals surface area contributed by atoms with Crippen LogP contribution in [0, 0.1) is 5.92 Å². The lowest BCUT2D eigenvalue weighted by Crippen LogP contribution is -2.46. The van der Waals surface area contributed by atoms with Crippen molar-refractivity contribution >= 4 is 0 Å². The van der Waals surface area contributed by atoms with Crippen LogP contribution in [0.4, 0.5) is 0 Å². The molecule has 0 spiro atoms. The lowest BCUT2D eigenvalue weighted by atomic mass is 9.74. The molecule has 0 amide bonds. The summed E-state index contributed by atoms with van der Waals surface area (Å²) in [5, 5.41) is 3.87. The smallest absolute Gasteiger partial charge is 0.122 e. The molecule has 2 aliphatic carbocycles. The molecular formula is C18H27NO. The maximum Gasteiger partial charge on any atom is 0.122 e. The van der Waals surface area contributed by atoms with Crippen LogP contribution in [0.1, 0.15) is 56.9 Å². The van der Waals surface area contributed by atoms with Crippen LogP contribution in [0.25, 0.3) is 0 Å². The van der Waals surface area contributed by atoms with Crippen LogP contribution in [0.2, 0.25) is 0 Å². The minimum atomic E-state index is 0.686. The fourth-order valence-electron chi connectivity index (χ4n) is 3.77. The monoisotopic (exact) mass is 273 g/mol. The van der Waals surface area contributed by atoms with Gasteiger partial charge in [-0.05, 0) is 62.0 Å². The van der Waals surface area contributed by atoms with Crippen LogP contribution in [0.15, 0.2) is 24.3 Å². The number of methoxy groups -OCH3 is 1. The Hall–Kier alpha value is -1.02. The molecule has 1 aromatic carbocycles. The summed E-state index contributed by atoms with van der Waals surface area (Å²) in [6.45, 7) is 2.39. The number of para-hydroxylation sites is 1. The number of hydrogen-bond acceptors (Lipinski definition) is 2. The average molecular weight is 273 g/mol. The second kappa shape index (κ2) is 6.17. The molecule has 2 nitrogen and oxygen atoms in total. The third-order valence-corrected chi connectivity index (χ3v) is 5.20. The van der Waals surface area contributed by atoms with Crippen LogP contribution >= 0.6 is 0 Å². The van der Waals surface area contributed by atoms with E-state index in [2.05, 4.69) is 36.5 Å². The Balaban J connectivity index is 1.49. The van der Waals surface area contributed by atoms with Crippen molar-refractivity contribution in [2.75, 3.05) is 7.11 Å². The third-order valence-electron chi connectivity index (χ3n) is 5.20. The van der Waals surface area contributed by atoms with E-state index in [1.807, 2.05) is 0 Å². The van der Waals surface area contributed by atoms with Crippen molar-refractivity contribution in [3.63, 3.8) is 0 Å². The molecule has 0 heterocycles. The zero-order valence-electron chi connectivity index (χ0n) is 12.8. The van der Waals surface area contributed by atoms with Gasteiger partial charge in [0.05, 0.1) is 7.11 Å². The van der Waals surface area contributed by atoms with Crippen LogP contribution in [0.3, 0.4) is 0 Å². The average Bonchev–Trinajstić information content (AvgIpc) is 2.44. The molecule has 0 atom stereocenters. The molecule has 0 saturated heterocycles. The maximum atomic E-state index is 5.48. The van der Waals surface area contributed by atoms with E-state index >= 15 is 0 Å². The molecule has 2 saturated carbocycles. The summed E-state index contributed by atoms with van der Waals surface area (Å²) in [7, 11) is 1.77. The fourth-order valence-corrected chi connectivity index (χ4v) is 3.77. The van der Waals surface area contributed by atoms with Crippen molar-refractivity contribution in [2.45, 2.75) is 63.5 Å². The maximum absolute atomic E-state index is 5.48. The van der Waals surface area contributed by atoms with E-state index in [0.29, 0.717) is 5.92 Å². The Kier molecular flexibility index (Phi) is 4.30. The third kappa shape index (κ3) is 3.01. The first kappa shape index (κ1) is 13.9. The largest absolute Gasteiger partial charge is 0.496 e. The molecule has 3 rings (SSSR count). The van der Waals surface area contributed by atoms with Gasteiger partial charge in [0.15, 0.2) is 0 Å². The predicted octanol–water partition coefficient (Wildman–Crippen LogP) is 4.11. The zero-order valence-corrected chi connectivity index (χ0v) is 12.8. The van der Waals surface area contributed by atoms with E-state index in [0.717, 1.165) is 23.8 Å². The minimum absolute atomic E-state index is 0.686. The van der Waals surface area contributed by atoms with Gasteiger partial charge in [0, 0.05) is 12.1 Å². The lowest BCUT2D eigenvalue weighted by Gasteiger charge is -2.40. The van der Waals surface area contributed by atoms with Crippen molar-refractivity contribution in [1.82, 2.24) is 5.32 Å². The number of benzene rings is 1. The van der Waals surface area contributed by atoms with Crippen molar-refractivity contribution < 1.29 is 4.74 Å². The molecule has 1 N–H and O–H groups in total. The number of rotatable bonds is 4. The predicted molar refractivity (Wildman–Crippen MR) is 83.3 cm³/mol. The fraction of sp³-hybridized carbons (Fsp3) is 0.667. The molecule has 0 aromatic heterocycles. The normalized spacial score (nSPS) is 33.5. The Bertz CT molecular complexity index is 431. The van der Waals surface area contributed by atoms with Gasteiger partial charge < -0.3 is 10.1 Å². The van der Waals surface area contributed by atoms with Gasteiger partial charge in [0.25, 0.3) is 0 Å². The van der Waals surface area contributed by atoms with Gasteiger partial charge >= 0.3 is 0 Å². The van der Waals surface area contributed by atoms with E-state index in [4.69, 9.17) is 4.74 Å². The van der Waals surface area contributed by atoms with Crippen LogP contribution in [-0.2, 0) is 0 Å². The molecule has 110 valence electrons. The highest BCUT2D eigenvalue weighted by atomic mass is 16.5. The summed E-state index contributed by atoms with van der Waals surface area (Å²) in [6.07, 6.45) is 8.09. The summed E-state index contributed by atoms with van der Waals surface area (Å²) in [5.41, 5.74) is 1.39. The van der Waals surface area contributed by atoms with Crippen LogP contribution < -0.4 is 10.1 Å². The quantitative estimate of drug-likeness (QED) is 0.891. The van der Waals surface area contributed by atoms with Gasteiger partial charge in [-0.15, -0.1) is 0 Å². The molecule has 0 unspecified atom stereocenters. The summed E-state index contributed by atoms with van der Waals surface area (Å²) < 4.78 is 5.48. The Morgan fingerprint density at radius 1 is 1.00 bits per heavy atom. The van der Waals surface area contributed by atoms with E-state index < -0.39 is 0 Å². The highest BCUT2D eigenvalue weighted by Gasteiger charge is 2.33. The van der Waals surface area contributed by atoms with E-state index in [1.54, 1.807) is 7.11 Å². The van der Waals surface area contributed by atoms with Gasteiger partial charge in [-0.25, -0.2) is 0 Å². The molecule has 1 aromatic rings. The van der Waals surface area contributed by atoms with Crippen molar-refractivity contribution in [3.05, 3.63) is 29.8 Å². The first-order valence-electron chi connectivity index (χ1n) is 8.15. The minimum Gasteiger partial charge on any atom is -0.496 e. The summed E-state index contributed by atoms with van der Waals surface area (Å²) in [4.78, 5) is 0. The van der Waals surface area contributed by atoms with E-state index in [-0.39, 0.29) is 0 Å². The molecule has 20 heavy (non-hydrogen) atoms. The van der Waals surface area contributed by atoms with E-state index in [1.165, 1.54) is 44.1 Å². The first-order valence-corrected chi connectivity index (χ1v) is 8.15. The Labute approximate surface area is 122 Å². The van der Waals surface area contributed by atoms with Crippen molar-refractivity contribution in [3.8, 4) is 5.75 Å². The summed E-state index contributed by atoms with van der Waals surface area (Å²) in [5.74, 6) is 2.68. The van der Waals surface area contributed by atoms with Crippen LogP contribution in [0.5, 0.6) is 5.75 Å². The van der Waals surface area contributed by atoms with Crippen LogP contribution in [-0.4, -0.2) is 19.2 Å². The van der Waals surface area contributed by atoms with Gasteiger partial charge in [-0.2, -0.15) is 0 Å². The van der Waals surface area contributed by atoms with Crippen molar-refractivity contribution in [1.29, 1.82) is 0 Å². The standard InChI is InChI=1S/C18H27NO/c1-13-7-9-15(10-8-13)19-16-11-14(12-16)17-5-3-4-6-18(17)20-2/h3-6,13-16,19H,7-12H2,1-2H3. The van der Waals surface area contributed by atoms with Gasteiger partial charge in [0.2, 0.25) is 0 Å². The summed E-state index contributed by atoms with van der Waals surface area (Å²) in [6, 6.07) is 9.99. The molecule has 2 fully saturated rings. The molecule has 2 heteroatoms. The van der Waals surface area contributed by atoms with Gasteiger partial charge in [-0.3, -0.25) is 0 Å². The topological polar surface area (TPSA) is 21.3 Å². The molecular weight excluding hydrogens is 246 g/mol. The Morgan fingerprint density at radius 2 is 1.70 bits per heavy atom. The van der Waals surface area contributed by atoms with E-state index in [9.17, 15) is 0 Å². The zero-order chi connectivity index (χ0) is 13.9. The Morgan fingerprint density at radius 3 is 2.40 bits per heavy atom. The number of nitrogens with one attached hydrogen (secondary N) is 1. The van der Waals surface area contributed by atoms with Crippen molar-refractivity contribution in [2.24, 2.45) is 5.92 Å². The highest BCUT2D eigenvalue weighted by Crippen LogP contribution is 2.41. The molecule has 0 radical (unpaired) electrons. The molecule has 0 bridgehead atoms. The molecule has 2 aliphatic rings.